The number of ether oxygens (including phenoxy) is 1. The van der Waals surface area contributed by atoms with Crippen LogP contribution in [0.2, 0.25) is 0 Å². The molecule has 2 rings (SSSR count). The molecule has 7 nitrogen and oxygen atoms in total. The molecule has 1 atom stereocenters. The van der Waals surface area contributed by atoms with Crippen molar-refractivity contribution in [1.82, 2.24) is 0 Å². The van der Waals surface area contributed by atoms with Gasteiger partial charge in [0.1, 0.15) is 0 Å². The molecule has 2 aromatic carbocycles. The molecule has 0 radical (unpaired) electrons. The number of esters is 1. The van der Waals surface area contributed by atoms with Gasteiger partial charge >= 0.3 is 5.97 Å². The summed E-state index contributed by atoms with van der Waals surface area (Å²) in [7, 11) is 1.58. The second kappa shape index (κ2) is 7.57. The summed E-state index contributed by atoms with van der Waals surface area (Å²) in [6.45, 7) is 3.04. The Hall–Kier alpha value is -3.22. The highest BCUT2D eigenvalue weighted by atomic mass is 16.6. The van der Waals surface area contributed by atoms with E-state index in [9.17, 15) is 19.7 Å². The molecule has 0 bridgehead atoms. The quantitative estimate of drug-likeness (QED) is 0.473. The van der Waals surface area contributed by atoms with Crippen molar-refractivity contribution in [2.24, 2.45) is 0 Å². The van der Waals surface area contributed by atoms with Gasteiger partial charge in [-0.3, -0.25) is 14.9 Å². The molecule has 0 aliphatic rings. The van der Waals surface area contributed by atoms with Crippen molar-refractivity contribution in [3.05, 3.63) is 69.8 Å². The van der Waals surface area contributed by atoms with Gasteiger partial charge in [-0.25, -0.2) is 4.79 Å². The zero-order chi connectivity index (χ0) is 18.6. The number of para-hydroxylation sites is 1. The van der Waals surface area contributed by atoms with Crippen LogP contribution in [-0.2, 0) is 9.53 Å². The van der Waals surface area contributed by atoms with Crippen molar-refractivity contribution in [1.29, 1.82) is 0 Å². The fraction of sp³-hybridized carbons (Fsp3) is 0.222. The fourth-order valence-electron chi connectivity index (χ4n) is 2.26. The first-order valence-corrected chi connectivity index (χ1v) is 7.60. The number of nitro groups is 1. The molecule has 0 spiro atoms. The van der Waals surface area contributed by atoms with Crippen LogP contribution in [0.15, 0.2) is 48.5 Å². The third-order valence-corrected chi connectivity index (χ3v) is 3.75. The number of benzene rings is 2. The SMILES string of the molecule is Cc1ccc(C(=O)O[C@H](C)C(=O)N(C)c2ccccc2)cc1[N+](=O)[O-]. The van der Waals surface area contributed by atoms with Crippen LogP contribution in [0.4, 0.5) is 11.4 Å². The number of amides is 1. The molecule has 25 heavy (non-hydrogen) atoms. The number of rotatable bonds is 5. The molecular formula is C18H18N2O5. The number of carbonyl (C=O) groups is 2. The highest BCUT2D eigenvalue weighted by Gasteiger charge is 2.24. The number of hydrogen-bond donors (Lipinski definition) is 0. The summed E-state index contributed by atoms with van der Waals surface area (Å²) in [6.07, 6.45) is -1.03. The minimum Gasteiger partial charge on any atom is -0.449 e. The summed E-state index contributed by atoms with van der Waals surface area (Å²) in [4.78, 5) is 36.4. The monoisotopic (exact) mass is 342 g/mol. The van der Waals surface area contributed by atoms with E-state index in [1.165, 1.54) is 24.0 Å². The largest absolute Gasteiger partial charge is 0.449 e. The Morgan fingerprint density at radius 3 is 2.40 bits per heavy atom. The third kappa shape index (κ3) is 4.20. The average Bonchev–Trinajstić information content (AvgIpc) is 2.61. The minimum absolute atomic E-state index is 0.0271. The summed E-state index contributed by atoms with van der Waals surface area (Å²) in [5, 5.41) is 11.0. The van der Waals surface area contributed by atoms with Crippen molar-refractivity contribution in [2.45, 2.75) is 20.0 Å². The number of nitrogens with zero attached hydrogens (tertiary/aromatic N) is 2. The molecule has 0 N–H and O–H groups in total. The molecular weight excluding hydrogens is 324 g/mol. The number of anilines is 1. The van der Waals surface area contributed by atoms with Crippen molar-refractivity contribution >= 4 is 23.3 Å². The van der Waals surface area contributed by atoms with Crippen LogP contribution in [0, 0.1) is 17.0 Å². The van der Waals surface area contributed by atoms with Gasteiger partial charge in [0.15, 0.2) is 6.10 Å². The predicted molar refractivity (Wildman–Crippen MR) is 92.6 cm³/mol. The molecule has 0 saturated carbocycles. The molecule has 1 amide bonds. The van der Waals surface area contributed by atoms with E-state index in [0.717, 1.165) is 6.07 Å². The van der Waals surface area contributed by atoms with E-state index in [2.05, 4.69) is 0 Å². The summed E-state index contributed by atoms with van der Waals surface area (Å²) in [6, 6.07) is 13.0. The highest BCUT2D eigenvalue weighted by Crippen LogP contribution is 2.20. The Morgan fingerprint density at radius 1 is 1.16 bits per heavy atom. The molecule has 7 heteroatoms. The molecule has 0 aliphatic carbocycles. The van der Waals surface area contributed by atoms with Crippen LogP contribution >= 0.6 is 0 Å². The van der Waals surface area contributed by atoms with Crippen molar-refractivity contribution in [3.8, 4) is 0 Å². The van der Waals surface area contributed by atoms with E-state index < -0.39 is 22.9 Å². The normalized spacial score (nSPS) is 11.5. The number of nitro benzene ring substituents is 1. The Kier molecular flexibility index (Phi) is 5.49. The zero-order valence-electron chi connectivity index (χ0n) is 14.1. The Bertz CT molecular complexity index is 804. The van der Waals surface area contributed by atoms with Crippen LogP contribution in [0.25, 0.3) is 0 Å². The molecule has 0 aromatic heterocycles. The lowest BCUT2D eigenvalue weighted by molar-refractivity contribution is -0.385. The van der Waals surface area contributed by atoms with Gasteiger partial charge in [-0.05, 0) is 32.0 Å². The van der Waals surface area contributed by atoms with Gasteiger partial charge in [0, 0.05) is 24.4 Å². The van der Waals surface area contributed by atoms with Crippen molar-refractivity contribution in [3.63, 3.8) is 0 Å². The number of likely N-dealkylation sites (N-methyl/N-ethyl adjacent to an activating group) is 1. The second-order valence-corrected chi connectivity index (χ2v) is 5.54. The van der Waals surface area contributed by atoms with E-state index in [1.807, 2.05) is 6.07 Å². The Balaban J connectivity index is 2.11. The number of aryl methyl sites for hydroxylation is 1. The Labute approximate surface area is 145 Å². The molecule has 2 aromatic rings. The topological polar surface area (TPSA) is 89.8 Å². The molecule has 0 aliphatic heterocycles. The van der Waals surface area contributed by atoms with Gasteiger partial charge in [0.2, 0.25) is 0 Å². The average molecular weight is 342 g/mol. The first-order chi connectivity index (χ1) is 11.8. The van der Waals surface area contributed by atoms with E-state index in [1.54, 1.807) is 38.2 Å². The summed E-state index contributed by atoms with van der Waals surface area (Å²) >= 11 is 0. The maximum absolute atomic E-state index is 12.4. The molecule has 0 heterocycles. The van der Waals surface area contributed by atoms with Crippen LogP contribution in [0.5, 0.6) is 0 Å². The summed E-state index contributed by atoms with van der Waals surface area (Å²) in [5.41, 5.74) is 0.963. The first-order valence-electron chi connectivity index (χ1n) is 7.60. The predicted octanol–water partition coefficient (Wildman–Crippen LogP) is 3.11. The maximum atomic E-state index is 12.4. The fourth-order valence-corrected chi connectivity index (χ4v) is 2.26. The van der Waals surface area contributed by atoms with Gasteiger partial charge in [-0.15, -0.1) is 0 Å². The molecule has 0 fully saturated rings. The summed E-state index contributed by atoms with van der Waals surface area (Å²) < 4.78 is 5.16. The van der Waals surface area contributed by atoms with E-state index in [4.69, 9.17) is 4.74 Å². The third-order valence-electron chi connectivity index (χ3n) is 3.75. The van der Waals surface area contributed by atoms with E-state index in [0.29, 0.717) is 11.3 Å². The smallest absolute Gasteiger partial charge is 0.339 e. The standard InChI is InChI=1S/C18H18N2O5/c1-12-9-10-14(11-16(12)20(23)24)18(22)25-13(2)17(21)19(3)15-7-5-4-6-8-15/h4-11,13H,1-3H3/t13-/m1/s1. The van der Waals surface area contributed by atoms with Crippen molar-refractivity contribution in [2.75, 3.05) is 11.9 Å². The van der Waals surface area contributed by atoms with Crippen LogP contribution in [-0.4, -0.2) is 30.0 Å². The van der Waals surface area contributed by atoms with Crippen LogP contribution in [0.3, 0.4) is 0 Å². The second-order valence-electron chi connectivity index (χ2n) is 5.54. The van der Waals surface area contributed by atoms with Gasteiger partial charge in [0.25, 0.3) is 11.6 Å². The van der Waals surface area contributed by atoms with Gasteiger partial charge < -0.3 is 9.64 Å². The van der Waals surface area contributed by atoms with E-state index >= 15 is 0 Å². The highest BCUT2D eigenvalue weighted by molar-refractivity contribution is 5.98. The number of hydrogen-bond acceptors (Lipinski definition) is 5. The number of carbonyl (C=O) groups excluding carboxylic acids is 2. The molecule has 0 unspecified atom stereocenters. The van der Waals surface area contributed by atoms with Gasteiger partial charge in [-0.1, -0.05) is 24.3 Å². The van der Waals surface area contributed by atoms with Crippen LogP contribution in [0.1, 0.15) is 22.8 Å². The van der Waals surface area contributed by atoms with Crippen LogP contribution < -0.4 is 4.90 Å². The van der Waals surface area contributed by atoms with Gasteiger partial charge in [0.05, 0.1) is 10.5 Å². The Morgan fingerprint density at radius 2 is 1.80 bits per heavy atom. The first kappa shape index (κ1) is 18.1. The minimum atomic E-state index is -1.03. The lowest BCUT2D eigenvalue weighted by atomic mass is 10.1. The molecule has 0 saturated heterocycles. The maximum Gasteiger partial charge on any atom is 0.339 e. The van der Waals surface area contributed by atoms with E-state index in [-0.39, 0.29) is 11.3 Å². The zero-order valence-corrected chi connectivity index (χ0v) is 14.1. The van der Waals surface area contributed by atoms with Crippen molar-refractivity contribution < 1.29 is 19.2 Å². The lowest BCUT2D eigenvalue weighted by Gasteiger charge is -2.21. The van der Waals surface area contributed by atoms with Gasteiger partial charge in [-0.2, -0.15) is 0 Å². The molecule has 130 valence electrons. The lowest BCUT2D eigenvalue weighted by Crippen LogP contribution is -2.37. The summed E-state index contributed by atoms with van der Waals surface area (Å²) in [5.74, 6) is -1.19.